The van der Waals surface area contributed by atoms with Gasteiger partial charge in [0.1, 0.15) is 11.5 Å². The monoisotopic (exact) mass is 560 g/mol. The average Bonchev–Trinajstić information content (AvgIpc) is 3.28. The van der Waals surface area contributed by atoms with Crippen LogP contribution in [0.25, 0.3) is 0 Å². The Labute approximate surface area is 228 Å². The molecule has 3 aromatic rings. The number of likely N-dealkylation sites (N-methyl/N-ethyl adjacent to an activating group) is 1. The van der Waals surface area contributed by atoms with E-state index in [9.17, 15) is 13.2 Å². The normalized spacial score (nSPS) is 15.4. The zero-order valence-electron chi connectivity index (χ0n) is 22.0. The minimum absolute atomic E-state index is 0.00131. The number of ether oxygens (including phenoxy) is 1. The smallest absolute Gasteiger partial charge is 0.322 e. The number of halogens is 1. The molecule has 1 aliphatic heterocycles. The summed E-state index contributed by atoms with van der Waals surface area (Å²) < 4.78 is 36.6. The summed E-state index contributed by atoms with van der Waals surface area (Å²) in [5.41, 5.74) is 1.66. The fraction of sp³-hybridized carbons (Fsp3) is 0.423. The highest BCUT2D eigenvalue weighted by Crippen LogP contribution is 2.28. The first-order valence-electron chi connectivity index (χ1n) is 12.5. The number of rotatable bonds is 10. The maximum atomic E-state index is 13.1. The lowest BCUT2D eigenvalue weighted by atomic mass is 10.1. The Bertz CT molecular complexity index is 1400. The Morgan fingerprint density at radius 3 is 2.53 bits per heavy atom. The zero-order chi connectivity index (χ0) is 27.4. The lowest BCUT2D eigenvalue weighted by Gasteiger charge is -2.34. The number of hydrogen-bond acceptors (Lipinski definition) is 8. The van der Waals surface area contributed by atoms with Gasteiger partial charge in [-0.3, -0.25) is 9.36 Å². The van der Waals surface area contributed by atoms with Crippen molar-refractivity contribution in [2.24, 2.45) is 0 Å². The van der Waals surface area contributed by atoms with Crippen LogP contribution in [0.2, 0.25) is 5.02 Å². The van der Waals surface area contributed by atoms with Gasteiger partial charge in [0.05, 0.1) is 10.9 Å². The van der Waals surface area contributed by atoms with Gasteiger partial charge in [0, 0.05) is 55.9 Å². The predicted molar refractivity (Wildman–Crippen MR) is 146 cm³/mol. The molecule has 1 atom stereocenters. The number of Topliss-reactive ketones (excluding diaryl/α,β-unsaturated/α-hetero) is 1. The molecule has 12 heteroatoms. The lowest BCUT2D eigenvalue weighted by Crippen LogP contribution is -2.44. The van der Waals surface area contributed by atoms with E-state index in [1.165, 1.54) is 19.1 Å². The molecule has 0 amide bonds. The fourth-order valence-corrected chi connectivity index (χ4v) is 5.91. The SMILES string of the molecule is CCn1c(Oc2cccc(N3CCN(C)CC3)c2)nnc1[C@@H](C)NS(=O)(=O)c1ccc(CC(C)=O)c(Cl)c1. The predicted octanol–water partition coefficient (Wildman–Crippen LogP) is 3.67. The van der Waals surface area contributed by atoms with Crippen molar-refractivity contribution in [2.75, 3.05) is 38.1 Å². The highest BCUT2D eigenvalue weighted by molar-refractivity contribution is 7.89. The van der Waals surface area contributed by atoms with Crippen LogP contribution >= 0.6 is 11.6 Å². The maximum Gasteiger partial charge on any atom is 0.322 e. The summed E-state index contributed by atoms with van der Waals surface area (Å²) in [5.74, 6) is 0.987. The van der Waals surface area contributed by atoms with E-state index in [0.29, 0.717) is 23.7 Å². The van der Waals surface area contributed by atoms with Crippen molar-refractivity contribution in [1.29, 1.82) is 0 Å². The van der Waals surface area contributed by atoms with E-state index in [1.54, 1.807) is 17.6 Å². The van der Waals surface area contributed by atoms with Gasteiger partial charge in [-0.25, -0.2) is 13.1 Å². The van der Waals surface area contributed by atoms with E-state index < -0.39 is 16.1 Å². The summed E-state index contributed by atoms with van der Waals surface area (Å²) in [4.78, 5) is 16.0. The van der Waals surface area contributed by atoms with Crippen LogP contribution < -0.4 is 14.4 Å². The minimum Gasteiger partial charge on any atom is -0.424 e. The number of carbonyl (C=O) groups excluding carboxylic acids is 1. The average molecular weight is 561 g/mol. The molecule has 0 unspecified atom stereocenters. The third-order valence-corrected chi connectivity index (χ3v) is 8.34. The number of carbonyl (C=O) groups is 1. The lowest BCUT2D eigenvalue weighted by molar-refractivity contribution is -0.116. The molecule has 0 bridgehead atoms. The van der Waals surface area contributed by atoms with Gasteiger partial charge in [0.15, 0.2) is 5.82 Å². The van der Waals surface area contributed by atoms with Gasteiger partial charge in [-0.15, -0.1) is 5.10 Å². The van der Waals surface area contributed by atoms with Crippen LogP contribution in [-0.2, 0) is 27.8 Å². The number of ketones is 1. The van der Waals surface area contributed by atoms with E-state index in [0.717, 1.165) is 31.9 Å². The molecule has 1 aromatic heterocycles. The molecule has 38 heavy (non-hydrogen) atoms. The quantitative estimate of drug-likeness (QED) is 0.400. The molecule has 1 fully saturated rings. The largest absolute Gasteiger partial charge is 0.424 e. The number of nitrogens with zero attached hydrogens (tertiary/aromatic N) is 5. The maximum absolute atomic E-state index is 13.1. The molecule has 1 saturated heterocycles. The van der Waals surface area contributed by atoms with Crippen molar-refractivity contribution >= 4 is 33.1 Å². The van der Waals surface area contributed by atoms with E-state index in [4.69, 9.17) is 16.3 Å². The molecule has 0 spiro atoms. The highest BCUT2D eigenvalue weighted by atomic mass is 35.5. The van der Waals surface area contributed by atoms with Crippen LogP contribution in [0.5, 0.6) is 11.8 Å². The van der Waals surface area contributed by atoms with Crippen molar-refractivity contribution in [1.82, 2.24) is 24.4 Å². The molecule has 2 aromatic carbocycles. The first-order valence-corrected chi connectivity index (χ1v) is 14.4. The Morgan fingerprint density at radius 1 is 1.13 bits per heavy atom. The van der Waals surface area contributed by atoms with Crippen molar-refractivity contribution in [3.05, 3.63) is 58.9 Å². The number of anilines is 1. The topological polar surface area (TPSA) is 110 Å². The van der Waals surface area contributed by atoms with Gasteiger partial charge in [-0.05, 0) is 57.6 Å². The van der Waals surface area contributed by atoms with Crippen molar-refractivity contribution in [3.8, 4) is 11.8 Å². The third-order valence-electron chi connectivity index (χ3n) is 6.45. The van der Waals surface area contributed by atoms with Gasteiger partial charge in [0.25, 0.3) is 0 Å². The zero-order valence-corrected chi connectivity index (χ0v) is 23.6. The Hall–Kier alpha value is -2.99. The molecular formula is C26H33ClN6O4S. The van der Waals surface area contributed by atoms with Gasteiger partial charge in [-0.1, -0.05) is 28.8 Å². The molecule has 1 N–H and O–H groups in total. The van der Waals surface area contributed by atoms with Gasteiger partial charge in [-0.2, -0.15) is 0 Å². The van der Waals surface area contributed by atoms with Crippen molar-refractivity contribution in [3.63, 3.8) is 0 Å². The van der Waals surface area contributed by atoms with Crippen LogP contribution in [0, 0.1) is 0 Å². The second-order valence-electron chi connectivity index (χ2n) is 9.45. The van der Waals surface area contributed by atoms with E-state index >= 15 is 0 Å². The second kappa shape index (κ2) is 11.8. The molecular weight excluding hydrogens is 528 g/mol. The number of piperazine rings is 1. The van der Waals surface area contributed by atoms with Crippen LogP contribution in [0.1, 0.15) is 38.2 Å². The molecule has 0 aliphatic carbocycles. The Kier molecular flexibility index (Phi) is 8.71. The number of nitrogens with one attached hydrogen (secondary N) is 1. The summed E-state index contributed by atoms with van der Waals surface area (Å²) in [5, 5.41) is 8.65. The molecule has 2 heterocycles. The van der Waals surface area contributed by atoms with Crippen LogP contribution in [0.4, 0.5) is 5.69 Å². The standard InChI is InChI=1S/C26H33ClN6O4S/c1-5-33-25(19(3)30-38(35,36)23-10-9-20(15-18(2)34)24(27)17-23)28-29-26(33)37-22-8-6-7-21(16-22)32-13-11-31(4)12-14-32/h6-10,16-17,19,30H,5,11-15H2,1-4H3/t19-/m1/s1. The van der Waals surface area contributed by atoms with Crippen LogP contribution in [0.15, 0.2) is 47.4 Å². The Morgan fingerprint density at radius 2 is 1.87 bits per heavy atom. The van der Waals surface area contributed by atoms with Gasteiger partial charge in [0.2, 0.25) is 10.0 Å². The molecule has 4 rings (SSSR count). The highest BCUT2D eigenvalue weighted by Gasteiger charge is 2.25. The first-order chi connectivity index (χ1) is 18.1. The first kappa shape index (κ1) is 28.0. The number of aromatic nitrogens is 3. The van der Waals surface area contributed by atoms with E-state index in [2.05, 4.69) is 37.8 Å². The summed E-state index contributed by atoms with van der Waals surface area (Å²) in [6.45, 7) is 9.42. The fourth-order valence-electron chi connectivity index (χ4n) is 4.37. The summed E-state index contributed by atoms with van der Waals surface area (Å²) in [7, 11) is -1.80. The van der Waals surface area contributed by atoms with Crippen molar-refractivity contribution < 1.29 is 17.9 Å². The number of benzene rings is 2. The van der Waals surface area contributed by atoms with E-state index in [-0.39, 0.29) is 28.1 Å². The Balaban J connectivity index is 1.49. The molecule has 0 radical (unpaired) electrons. The number of sulfonamides is 1. The molecule has 0 saturated carbocycles. The van der Waals surface area contributed by atoms with Crippen molar-refractivity contribution in [2.45, 2.75) is 44.7 Å². The minimum atomic E-state index is -3.92. The molecule has 10 nitrogen and oxygen atoms in total. The summed E-state index contributed by atoms with van der Waals surface area (Å²) in [6, 6.07) is 11.8. The number of hydrogen-bond donors (Lipinski definition) is 1. The molecule has 1 aliphatic rings. The van der Waals surface area contributed by atoms with Crippen LogP contribution in [0.3, 0.4) is 0 Å². The van der Waals surface area contributed by atoms with Gasteiger partial charge >= 0.3 is 6.01 Å². The third kappa shape index (κ3) is 6.52. The van der Waals surface area contributed by atoms with E-state index in [1.807, 2.05) is 25.1 Å². The second-order valence-corrected chi connectivity index (χ2v) is 11.6. The summed E-state index contributed by atoms with van der Waals surface area (Å²) in [6.07, 6.45) is 0.143. The van der Waals surface area contributed by atoms with Gasteiger partial charge < -0.3 is 14.5 Å². The molecule has 204 valence electrons. The van der Waals surface area contributed by atoms with Crippen LogP contribution in [-0.4, -0.2) is 67.1 Å². The summed E-state index contributed by atoms with van der Waals surface area (Å²) >= 11 is 6.24.